The Morgan fingerprint density at radius 1 is 1.03 bits per heavy atom. The van der Waals surface area contributed by atoms with E-state index in [1.54, 1.807) is 7.11 Å². The minimum Gasteiger partial charge on any atom is -0.497 e. The molecule has 0 unspecified atom stereocenters. The van der Waals surface area contributed by atoms with Crippen molar-refractivity contribution in [2.24, 2.45) is 4.99 Å². The maximum Gasteiger partial charge on any atom is 0.251 e. The summed E-state index contributed by atoms with van der Waals surface area (Å²) in [5.74, 6) is 0.704. The molecule has 0 saturated heterocycles. The summed E-state index contributed by atoms with van der Waals surface area (Å²) < 4.78 is 5.16. The zero-order chi connectivity index (χ0) is 22.3. The normalized spacial score (nSPS) is 13.3. The molecular weight excluding hydrogens is 398 g/mol. The van der Waals surface area contributed by atoms with E-state index in [-0.39, 0.29) is 5.91 Å². The Labute approximate surface area is 189 Å². The average molecular weight is 426 g/mol. The molecule has 3 aromatic rings. The highest BCUT2D eigenvalue weighted by molar-refractivity contribution is 6.14. The first kappa shape index (κ1) is 21.4. The minimum absolute atomic E-state index is 0.0959. The number of hydrogen-bond donors (Lipinski definition) is 1. The second-order valence-corrected chi connectivity index (χ2v) is 7.69. The molecule has 5 heteroatoms. The SMILES string of the molecule is COc1ccc(CNC(=O)c2ccc(C=CC3=NCCN(C)c4ccccc43)cc2)cc1. The lowest BCUT2D eigenvalue weighted by molar-refractivity contribution is 0.0951. The first-order chi connectivity index (χ1) is 15.6. The summed E-state index contributed by atoms with van der Waals surface area (Å²) in [6.45, 7) is 2.13. The Bertz CT molecular complexity index is 1130. The van der Waals surface area contributed by atoms with E-state index in [2.05, 4.69) is 41.5 Å². The molecule has 0 spiro atoms. The van der Waals surface area contributed by atoms with Crippen LogP contribution in [0.4, 0.5) is 5.69 Å². The molecule has 162 valence electrons. The van der Waals surface area contributed by atoms with Gasteiger partial charge in [0.2, 0.25) is 0 Å². The third-order valence-electron chi connectivity index (χ3n) is 5.53. The number of anilines is 1. The van der Waals surface area contributed by atoms with Crippen molar-refractivity contribution in [3.8, 4) is 5.75 Å². The van der Waals surface area contributed by atoms with Crippen LogP contribution in [-0.2, 0) is 6.54 Å². The number of nitrogens with zero attached hydrogens (tertiary/aromatic N) is 2. The van der Waals surface area contributed by atoms with Crippen LogP contribution in [0.2, 0.25) is 0 Å². The zero-order valence-corrected chi connectivity index (χ0v) is 18.4. The maximum atomic E-state index is 12.5. The summed E-state index contributed by atoms with van der Waals surface area (Å²) in [6, 6.07) is 23.6. The van der Waals surface area contributed by atoms with E-state index >= 15 is 0 Å². The highest BCUT2D eigenvalue weighted by Gasteiger charge is 2.13. The summed E-state index contributed by atoms with van der Waals surface area (Å²) in [5, 5.41) is 2.96. The van der Waals surface area contributed by atoms with Gasteiger partial charge in [-0.2, -0.15) is 0 Å². The number of carbonyl (C=O) groups excluding carboxylic acids is 1. The molecule has 0 aliphatic carbocycles. The Morgan fingerprint density at radius 2 is 1.78 bits per heavy atom. The third-order valence-corrected chi connectivity index (χ3v) is 5.53. The molecule has 1 aliphatic heterocycles. The maximum absolute atomic E-state index is 12.5. The number of nitrogens with one attached hydrogen (secondary N) is 1. The molecule has 0 aromatic heterocycles. The van der Waals surface area contributed by atoms with Crippen LogP contribution in [0.15, 0.2) is 83.9 Å². The highest BCUT2D eigenvalue weighted by atomic mass is 16.5. The molecule has 0 fully saturated rings. The monoisotopic (exact) mass is 425 g/mol. The molecule has 1 N–H and O–H groups in total. The second kappa shape index (κ2) is 9.96. The van der Waals surface area contributed by atoms with Crippen molar-refractivity contribution in [2.45, 2.75) is 6.54 Å². The van der Waals surface area contributed by atoms with Gasteiger partial charge in [0.15, 0.2) is 0 Å². The lowest BCUT2D eigenvalue weighted by atomic mass is 10.0. The van der Waals surface area contributed by atoms with Crippen LogP contribution in [0, 0.1) is 0 Å². The van der Waals surface area contributed by atoms with E-state index < -0.39 is 0 Å². The van der Waals surface area contributed by atoms with E-state index in [9.17, 15) is 4.79 Å². The van der Waals surface area contributed by atoms with E-state index in [4.69, 9.17) is 9.73 Å². The van der Waals surface area contributed by atoms with E-state index in [0.29, 0.717) is 12.1 Å². The number of likely N-dealkylation sites (N-methyl/N-ethyl adjacent to an activating group) is 1. The Hall–Kier alpha value is -3.86. The zero-order valence-electron chi connectivity index (χ0n) is 18.4. The van der Waals surface area contributed by atoms with Crippen molar-refractivity contribution >= 4 is 23.4 Å². The fourth-order valence-electron chi connectivity index (χ4n) is 3.64. The Balaban J connectivity index is 1.40. The van der Waals surface area contributed by atoms with Crippen molar-refractivity contribution in [1.29, 1.82) is 0 Å². The number of para-hydroxylation sites is 1. The fourth-order valence-corrected chi connectivity index (χ4v) is 3.64. The number of allylic oxidation sites excluding steroid dienone is 1. The molecule has 3 aromatic carbocycles. The number of ether oxygens (including phenoxy) is 1. The first-order valence-electron chi connectivity index (χ1n) is 10.7. The van der Waals surface area contributed by atoms with Crippen LogP contribution in [-0.4, -0.2) is 38.9 Å². The summed E-state index contributed by atoms with van der Waals surface area (Å²) in [6.07, 6.45) is 4.09. The number of benzodiazepines with no additional fused rings is 1. The number of fused-ring (bicyclic) bond motifs is 1. The van der Waals surface area contributed by atoms with Crippen LogP contribution in [0.1, 0.15) is 27.0 Å². The molecule has 0 bridgehead atoms. The first-order valence-corrected chi connectivity index (χ1v) is 10.7. The molecular formula is C27H27N3O2. The number of amides is 1. The van der Waals surface area contributed by atoms with Gasteiger partial charge in [0, 0.05) is 37.0 Å². The van der Waals surface area contributed by atoms with Crippen LogP contribution < -0.4 is 15.0 Å². The number of aliphatic imine (C=N–C) groups is 1. The number of methoxy groups -OCH3 is 1. The highest BCUT2D eigenvalue weighted by Crippen LogP contribution is 2.23. The van der Waals surface area contributed by atoms with Gasteiger partial charge in [-0.05, 0) is 47.5 Å². The minimum atomic E-state index is -0.0959. The van der Waals surface area contributed by atoms with Gasteiger partial charge in [-0.15, -0.1) is 0 Å². The Morgan fingerprint density at radius 3 is 2.53 bits per heavy atom. The summed E-state index contributed by atoms with van der Waals surface area (Å²) >= 11 is 0. The Kier molecular flexibility index (Phi) is 6.66. The average Bonchev–Trinajstić information content (AvgIpc) is 3.00. The molecule has 1 aliphatic rings. The molecule has 32 heavy (non-hydrogen) atoms. The standard InChI is InChI=1S/C27H27N3O2/c1-30-18-17-28-25(24-5-3-4-6-26(24)30)16-11-20-7-12-22(13-8-20)27(31)29-19-21-9-14-23(32-2)15-10-21/h3-16H,17-19H2,1-2H3,(H,29,31). The lowest BCUT2D eigenvalue weighted by Gasteiger charge is -2.18. The van der Waals surface area contributed by atoms with Crippen molar-refractivity contribution < 1.29 is 9.53 Å². The topological polar surface area (TPSA) is 53.9 Å². The second-order valence-electron chi connectivity index (χ2n) is 7.69. The van der Waals surface area contributed by atoms with Gasteiger partial charge in [-0.1, -0.05) is 48.5 Å². The van der Waals surface area contributed by atoms with Crippen molar-refractivity contribution in [1.82, 2.24) is 5.32 Å². The van der Waals surface area contributed by atoms with Crippen molar-refractivity contribution in [3.05, 3.63) is 101 Å². The summed E-state index contributed by atoms with van der Waals surface area (Å²) in [4.78, 5) is 19.5. The van der Waals surface area contributed by atoms with E-state index in [0.717, 1.165) is 41.2 Å². The molecule has 0 atom stereocenters. The van der Waals surface area contributed by atoms with Crippen LogP contribution in [0.25, 0.3) is 6.08 Å². The lowest BCUT2D eigenvalue weighted by Crippen LogP contribution is -2.22. The van der Waals surface area contributed by atoms with Crippen molar-refractivity contribution in [3.63, 3.8) is 0 Å². The third kappa shape index (κ3) is 5.06. The van der Waals surface area contributed by atoms with Gasteiger partial charge in [0.05, 0.1) is 19.4 Å². The number of benzene rings is 3. The molecule has 1 amide bonds. The van der Waals surface area contributed by atoms with E-state index in [1.165, 1.54) is 5.69 Å². The number of rotatable bonds is 6. The van der Waals surface area contributed by atoms with Gasteiger partial charge in [0.25, 0.3) is 5.91 Å². The molecule has 0 saturated carbocycles. The van der Waals surface area contributed by atoms with Gasteiger partial charge in [0.1, 0.15) is 5.75 Å². The molecule has 5 nitrogen and oxygen atoms in total. The quantitative estimate of drug-likeness (QED) is 0.629. The summed E-state index contributed by atoms with van der Waals surface area (Å²) in [5.41, 5.74) is 5.99. The van der Waals surface area contributed by atoms with Gasteiger partial charge in [-0.3, -0.25) is 9.79 Å². The smallest absolute Gasteiger partial charge is 0.251 e. The van der Waals surface area contributed by atoms with Crippen LogP contribution in [0.3, 0.4) is 0 Å². The van der Waals surface area contributed by atoms with E-state index in [1.807, 2.05) is 60.7 Å². The predicted octanol–water partition coefficient (Wildman–Crippen LogP) is 4.58. The fraction of sp³-hybridized carbons (Fsp3) is 0.185. The largest absolute Gasteiger partial charge is 0.497 e. The number of hydrogen-bond acceptors (Lipinski definition) is 4. The predicted molar refractivity (Wildman–Crippen MR) is 131 cm³/mol. The number of carbonyl (C=O) groups is 1. The molecule has 1 heterocycles. The van der Waals surface area contributed by atoms with Gasteiger partial charge < -0.3 is 15.0 Å². The van der Waals surface area contributed by atoms with Crippen LogP contribution in [0.5, 0.6) is 5.75 Å². The summed E-state index contributed by atoms with van der Waals surface area (Å²) in [7, 11) is 3.73. The van der Waals surface area contributed by atoms with Gasteiger partial charge >= 0.3 is 0 Å². The molecule has 4 rings (SSSR count). The van der Waals surface area contributed by atoms with Gasteiger partial charge in [-0.25, -0.2) is 0 Å². The van der Waals surface area contributed by atoms with Crippen LogP contribution >= 0.6 is 0 Å². The van der Waals surface area contributed by atoms with Crippen molar-refractivity contribution in [2.75, 3.05) is 32.1 Å². The molecule has 0 radical (unpaired) electrons.